The maximum atomic E-state index is 5.87. The number of piperidine rings is 1. The minimum Gasteiger partial charge on any atom is -0.383 e. The second-order valence-corrected chi connectivity index (χ2v) is 5.63. The Hall–Kier alpha value is -2.48. The van der Waals surface area contributed by atoms with Crippen LogP contribution >= 0.6 is 0 Å². The Morgan fingerprint density at radius 2 is 2.09 bits per heavy atom. The van der Waals surface area contributed by atoms with E-state index < -0.39 is 0 Å². The lowest BCUT2D eigenvalue weighted by molar-refractivity contribution is 0.172. The Morgan fingerprint density at radius 1 is 1.23 bits per heavy atom. The fourth-order valence-electron chi connectivity index (χ4n) is 3.07. The highest BCUT2D eigenvalue weighted by Crippen LogP contribution is 2.26. The molecule has 0 aliphatic carbocycles. The van der Waals surface area contributed by atoms with Crippen molar-refractivity contribution >= 4 is 16.9 Å². The summed E-state index contributed by atoms with van der Waals surface area (Å²) in [6, 6.07) is 0.361. The highest BCUT2D eigenvalue weighted by atomic mass is 15.3. The van der Waals surface area contributed by atoms with Gasteiger partial charge in [0.2, 0.25) is 0 Å². The van der Waals surface area contributed by atoms with Crippen LogP contribution in [0.3, 0.4) is 0 Å². The van der Waals surface area contributed by atoms with E-state index in [1.807, 2.05) is 10.9 Å². The van der Waals surface area contributed by atoms with E-state index >= 15 is 0 Å². The van der Waals surface area contributed by atoms with Gasteiger partial charge in [0.1, 0.15) is 18.0 Å². The van der Waals surface area contributed by atoms with Gasteiger partial charge in [-0.25, -0.2) is 19.6 Å². The van der Waals surface area contributed by atoms with Crippen molar-refractivity contribution in [3.05, 3.63) is 30.7 Å². The number of H-pyrrole nitrogens is 1. The molecule has 3 N–H and O–H groups in total. The van der Waals surface area contributed by atoms with E-state index in [0.29, 0.717) is 11.9 Å². The highest BCUT2D eigenvalue weighted by molar-refractivity contribution is 5.84. The number of hydrogen-bond donors (Lipinski definition) is 2. The van der Waals surface area contributed by atoms with Crippen LogP contribution in [0, 0.1) is 0 Å². The number of imidazole rings is 1. The molecule has 8 heteroatoms. The molecule has 3 aromatic heterocycles. The van der Waals surface area contributed by atoms with Crippen molar-refractivity contribution in [1.29, 1.82) is 0 Å². The molecule has 8 nitrogen and oxygen atoms in total. The monoisotopic (exact) mass is 298 g/mol. The Balaban J connectivity index is 1.47. The second kappa shape index (κ2) is 5.38. The Morgan fingerprint density at radius 3 is 2.86 bits per heavy atom. The molecule has 0 radical (unpaired) electrons. The summed E-state index contributed by atoms with van der Waals surface area (Å²) in [4.78, 5) is 18.2. The molecular weight excluding hydrogens is 280 g/mol. The predicted molar refractivity (Wildman–Crippen MR) is 81.9 cm³/mol. The summed E-state index contributed by atoms with van der Waals surface area (Å²) in [5, 5.41) is 5.31. The fraction of sp³-hybridized carbons (Fsp3) is 0.429. The van der Waals surface area contributed by atoms with E-state index in [4.69, 9.17) is 5.73 Å². The lowest BCUT2D eigenvalue weighted by Gasteiger charge is -2.31. The van der Waals surface area contributed by atoms with Gasteiger partial charge in [-0.15, -0.1) is 0 Å². The summed E-state index contributed by atoms with van der Waals surface area (Å²) < 4.78 is 2.00. The molecule has 22 heavy (non-hydrogen) atoms. The summed E-state index contributed by atoms with van der Waals surface area (Å²) >= 11 is 0. The van der Waals surface area contributed by atoms with Crippen molar-refractivity contribution in [3.63, 3.8) is 0 Å². The van der Waals surface area contributed by atoms with Crippen LogP contribution < -0.4 is 5.73 Å². The zero-order valence-corrected chi connectivity index (χ0v) is 12.2. The van der Waals surface area contributed by atoms with Gasteiger partial charge in [-0.2, -0.15) is 5.10 Å². The van der Waals surface area contributed by atoms with Crippen molar-refractivity contribution in [2.75, 3.05) is 18.8 Å². The average Bonchev–Trinajstić information content (AvgIpc) is 3.18. The van der Waals surface area contributed by atoms with Gasteiger partial charge in [0.15, 0.2) is 5.65 Å². The first-order valence-corrected chi connectivity index (χ1v) is 7.45. The molecule has 0 amide bonds. The Bertz CT molecular complexity index is 754. The van der Waals surface area contributed by atoms with Gasteiger partial charge < -0.3 is 10.7 Å². The van der Waals surface area contributed by atoms with E-state index in [0.717, 1.165) is 49.3 Å². The standard InChI is InChI=1S/C14H18N8/c15-13-11-7-20-22(14(11)19-9-18-13)10-1-5-21(6-2-10)8-12-16-3-4-17-12/h3-4,7,9-10H,1-2,5-6,8H2,(H,16,17)(H2,15,18,19). The SMILES string of the molecule is Nc1ncnc2c1cnn2C1CCN(Cc2ncc[nH]2)CC1. The number of hydrogen-bond acceptors (Lipinski definition) is 6. The summed E-state index contributed by atoms with van der Waals surface area (Å²) in [5.74, 6) is 1.51. The van der Waals surface area contributed by atoms with Gasteiger partial charge in [-0.3, -0.25) is 4.90 Å². The third kappa shape index (κ3) is 2.31. The first-order valence-electron chi connectivity index (χ1n) is 7.45. The predicted octanol–water partition coefficient (Wildman–Crippen LogP) is 0.969. The van der Waals surface area contributed by atoms with Crippen LogP contribution in [0.2, 0.25) is 0 Å². The molecule has 0 unspecified atom stereocenters. The number of nitrogens with one attached hydrogen (secondary N) is 1. The minimum atomic E-state index is 0.361. The summed E-state index contributed by atoms with van der Waals surface area (Å²) in [7, 11) is 0. The van der Waals surface area contributed by atoms with E-state index in [2.05, 4.69) is 29.9 Å². The highest BCUT2D eigenvalue weighted by Gasteiger charge is 2.23. The maximum absolute atomic E-state index is 5.87. The summed E-state index contributed by atoms with van der Waals surface area (Å²) in [6.45, 7) is 2.91. The zero-order chi connectivity index (χ0) is 14.9. The molecule has 0 atom stereocenters. The number of nitrogens with zero attached hydrogens (tertiary/aromatic N) is 6. The lowest BCUT2D eigenvalue weighted by Crippen LogP contribution is -2.34. The molecule has 1 aliphatic rings. The number of nitrogens with two attached hydrogens (primary N) is 1. The average molecular weight is 298 g/mol. The van der Waals surface area contributed by atoms with Crippen LogP contribution in [0.4, 0.5) is 5.82 Å². The number of rotatable bonds is 3. The number of aromatic amines is 1. The van der Waals surface area contributed by atoms with Crippen molar-refractivity contribution in [2.45, 2.75) is 25.4 Å². The number of likely N-dealkylation sites (tertiary alicyclic amines) is 1. The summed E-state index contributed by atoms with van der Waals surface area (Å²) in [5.41, 5.74) is 6.70. The third-order valence-corrected chi connectivity index (χ3v) is 4.25. The van der Waals surface area contributed by atoms with E-state index in [9.17, 15) is 0 Å². The molecule has 3 aromatic rings. The first kappa shape index (κ1) is 13.2. The maximum Gasteiger partial charge on any atom is 0.163 e. The smallest absolute Gasteiger partial charge is 0.163 e. The van der Waals surface area contributed by atoms with Gasteiger partial charge in [0.05, 0.1) is 24.2 Å². The summed E-state index contributed by atoms with van der Waals surface area (Å²) in [6.07, 6.45) is 9.01. The van der Waals surface area contributed by atoms with Crippen molar-refractivity contribution < 1.29 is 0 Å². The molecule has 1 fully saturated rings. The second-order valence-electron chi connectivity index (χ2n) is 5.63. The van der Waals surface area contributed by atoms with Crippen molar-refractivity contribution in [1.82, 2.24) is 34.6 Å². The molecule has 4 rings (SSSR count). The van der Waals surface area contributed by atoms with Gasteiger partial charge >= 0.3 is 0 Å². The Labute approximate surface area is 127 Å². The number of nitrogen functional groups attached to an aromatic ring is 1. The van der Waals surface area contributed by atoms with Gasteiger partial charge in [-0.05, 0) is 12.8 Å². The molecule has 4 heterocycles. The van der Waals surface area contributed by atoms with Crippen LogP contribution in [0.25, 0.3) is 11.0 Å². The van der Waals surface area contributed by atoms with Gasteiger partial charge in [0.25, 0.3) is 0 Å². The molecule has 114 valence electrons. The van der Waals surface area contributed by atoms with Crippen LogP contribution in [0.1, 0.15) is 24.7 Å². The number of fused-ring (bicyclic) bond motifs is 1. The quantitative estimate of drug-likeness (QED) is 0.747. The molecule has 0 aromatic carbocycles. The third-order valence-electron chi connectivity index (χ3n) is 4.25. The minimum absolute atomic E-state index is 0.361. The van der Waals surface area contributed by atoms with E-state index in [-0.39, 0.29) is 0 Å². The van der Waals surface area contributed by atoms with Crippen LogP contribution in [-0.4, -0.2) is 47.7 Å². The van der Waals surface area contributed by atoms with Crippen molar-refractivity contribution in [3.8, 4) is 0 Å². The van der Waals surface area contributed by atoms with Gasteiger partial charge in [0, 0.05) is 25.5 Å². The molecule has 0 bridgehead atoms. The number of anilines is 1. The van der Waals surface area contributed by atoms with Crippen LogP contribution in [0.15, 0.2) is 24.9 Å². The first-order chi connectivity index (χ1) is 10.8. The van der Waals surface area contributed by atoms with Crippen LogP contribution in [-0.2, 0) is 6.54 Å². The number of aromatic nitrogens is 6. The Kier molecular flexibility index (Phi) is 3.23. The zero-order valence-electron chi connectivity index (χ0n) is 12.2. The largest absolute Gasteiger partial charge is 0.383 e. The molecule has 1 saturated heterocycles. The lowest BCUT2D eigenvalue weighted by atomic mass is 10.1. The van der Waals surface area contributed by atoms with Gasteiger partial charge in [-0.1, -0.05) is 0 Å². The van der Waals surface area contributed by atoms with E-state index in [1.54, 1.807) is 12.4 Å². The molecular formula is C14H18N8. The van der Waals surface area contributed by atoms with Crippen LogP contribution in [0.5, 0.6) is 0 Å². The molecule has 1 aliphatic heterocycles. The molecule has 0 saturated carbocycles. The molecule has 0 spiro atoms. The van der Waals surface area contributed by atoms with E-state index in [1.165, 1.54) is 6.33 Å². The fourth-order valence-corrected chi connectivity index (χ4v) is 3.07. The normalized spacial score (nSPS) is 17.3. The topological polar surface area (TPSA) is 102 Å². The van der Waals surface area contributed by atoms with Crippen molar-refractivity contribution in [2.24, 2.45) is 0 Å².